The Bertz CT molecular complexity index is 578. The molecule has 0 aliphatic carbocycles. The van der Waals surface area contributed by atoms with Crippen LogP contribution in [0.1, 0.15) is 34.5 Å². The van der Waals surface area contributed by atoms with Gasteiger partial charge in [0, 0.05) is 18.1 Å². The average molecular weight is 255 g/mol. The van der Waals surface area contributed by atoms with Crippen LogP contribution in [0.4, 0.5) is 5.69 Å². The number of nitrogens with one attached hydrogen (secondary N) is 1. The summed E-state index contributed by atoms with van der Waals surface area (Å²) in [6.07, 6.45) is 3.29. The maximum Gasteiger partial charge on any atom is 0.253 e. The second kappa shape index (κ2) is 5.52. The zero-order valence-electron chi connectivity index (χ0n) is 11.1. The van der Waals surface area contributed by atoms with Crippen molar-refractivity contribution in [1.82, 2.24) is 10.3 Å². The summed E-state index contributed by atoms with van der Waals surface area (Å²) in [5.74, 6) is -0.125. The zero-order valence-corrected chi connectivity index (χ0v) is 11.1. The second-order valence-electron chi connectivity index (χ2n) is 4.61. The van der Waals surface area contributed by atoms with Crippen LogP contribution in [0.3, 0.4) is 0 Å². The van der Waals surface area contributed by atoms with Crippen LogP contribution >= 0.6 is 0 Å². The average Bonchev–Trinajstić information content (AvgIpc) is 2.39. The number of aromatic nitrogens is 1. The first-order valence-electron chi connectivity index (χ1n) is 6.14. The second-order valence-corrected chi connectivity index (χ2v) is 4.61. The van der Waals surface area contributed by atoms with Crippen molar-refractivity contribution in [2.75, 3.05) is 5.73 Å². The molecule has 0 saturated heterocycles. The first-order valence-corrected chi connectivity index (χ1v) is 6.14. The number of carbonyl (C=O) groups excluding carboxylic acids is 1. The molecule has 2 aromatic rings. The number of benzene rings is 1. The highest BCUT2D eigenvalue weighted by atomic mass is 16.1. The van der Waals surface area contributed by atoms with Crippen LogP contribution in [0.2, 0.25) is 0 Å². The van der Waals surface area contributed by atoms with Gasteiger partial charge in [0.2, 0.25) is 0 Å². The molecule has 2 rings (SSSR count). The molecule has 98 valence electrons. The summed E-state index contributed by atoms with van der Waals surface area (Å²) < 4.78 is 0. The Hall–Kier alpha value is -2.36. The van der Waals surface area contributed by atoms with Gasteiger partial charge in [-0.25, -0.2) is 0 Å². The van der Waals surface area contributed by atoms with Crippen LogP contribution in [0, 0.1) is 6.92 Å². The molecule has 0 fully saturated rings. The van der Waals surface area contributed by atoms with E-state index in [0.29, 0.717) is 11.3 Å². The zero-order chi connectivity index (χ0) is 13.8. The number of nitrogen functional groups attached to an aromatic ring is 1. The first kappa shape index (κ1) is 13.1. The number of rotatable bonds is 3. The number of nitrogens with two attached hydrogens (primary N) is 1. The molecule has 4 nitrogen and oxygen atoms in total. The molecule has 1 amide bonds. The predicted molar refractivity (Wildman–Crippen MR) is 75.7 cm³/mol. The molecule has 0 spiro atoms. The summed E-state index contributed by atoms with van der Waals surface area (Å²) in [5.41, 5.74) is 8.91. The third-order valence-corrected chi connectivity index (χ3v) is 2.92. The van der Waals surface area contributed by atoms with Crippen molar-refractivity contribution in [3.8, 4) is 0 Å². The van der Waals surface area contributed by atoms with Crippen LogP contribution in [0.25, 0.3) is 0 Å². The van der Waals surface area contributed by atoms with Crippen LogP contribution in [0.15, 0.2) is 42.7 Å². The standard InChI is InChI=1S/C15H17N3O/c1-10-7-13(9-17-8-10)15(19)18-11(2)12-3-5-14(16)6-4-12/h3-9,11H,16H2,1-2H3,(H,18,19). The predicted octanol–water partition coefficient (Wildman–Crippen LogP) is 2.46. The summed E-state index contributed by atoms with van der Waals surface area (Å²) in [5, 5.41) is 2.94. The maximum absolute atomic E-state index is 12.1. The van der Waals surface area contributed by atoms with Crippen LogP contribution < -0.4 is 11.1 Å². The summed E-state index contributed by atoms with van der Waals surface area (Å²) in [6, 6.07) is 9.22. The molecule has 0 bridgehead atoms. The number of nitrogens with zero attached hydrogens (tertiary/aromatic N) is 1. The summed E-state index contributed by atoms with van der Waals surface area (Å²) in [6.45, 7) is 3.85. The van der Waals surface area contributed by atoms with Gasteiger partial charge in [-0.1, -0.05) is 12.1 Å². The number of hydrogen-bond acceptors (Lipinski definition) is 3. The molecular formula is C15H17N3O. The van der Waals surface area contributed by atoms with Gasteiger partial charge < -0.3 is 11.1 Å². The maximum atomic E-state index is 12.1. The number of amides is 1. The van der Waals surface area contributed by atoms with Gasteiger partial charge in [-0.05, 0) is 43.2 Å². The van der Waals surface area contributed by atoms with E-state index in [2.05, 4.69) is 10.3 Å². The Balaban J connectivity index is 2.08. The lowest BCUT2D eigenvalue weighted by Crippen LogP contribution is -2.26. The van der Waals surface area contributed by atoms with E-state index in [1.54, 1.807) is 12.4 Å². The van der Waals surface area contributed by atoms with E-state index in [1.165, 1.54) is 0 Å². The third kappa shape index (κ3) is 3.31. The van der Waals surface area contributed by atoms with Gasteiger partial charge in [0.05, 0.1) is 11.6 Å². The van der Waals surface area contributed by atoms with Gasteiger partial charge >= 0.3 is 0 Å². The fourth-order valence-electron chi connectivity index (χ4n) is 1.83. The molecule has 1 aromatic heterocycles. The van der Waals surface area contributed by atoms with E-state index in [-0.39, 0.29) is 11.9 Å². The molecule has 0 saturated carbocycles. The van der Waals surface area contributed by atoms with Crippen LogP contribution in [0.5, 0.6) is 0 Å². The van der Waals surface area contributed by atoms with E-state index in [0.717, 1.165) is 11.1 Å². The fraction of sp³-hybridized carbons (Fsp3) is 0.200. The lowest BCUT2D eigenvalue weighted by molar-refractivity contribution is 0.0939. The minimum absolute atomic E-state index is 0.0754. The number of anilines is 1. The van der Waals surface area contributed by atoms with Crippen molar-refractivity contribution in [1.29, 1.82) is 0 Å². The Morgan fingerprint density at radius 1 is 1.26 bits per heavy atom. The minimum Gasteiger partial charge on any atom is -0.399 e. The van der Waals surface area contributed by atoms with E-state index < -0.39 is 0 Å². The number of hydrogen-bond donors (Lipinski definition) is 2. The molecule has 0 aliphatic heterocycles. The fourth-order valence-corrected chi connectivity index (χ4v) is 1.83. The van der Waals surface area contributed by atoms with Gasteiger partial charge in [-0.15, -0.1) is 0 Å². The van der Waals surface area contributed by atoms with Gasteiger partial charge in [-0.2, -0.15) is 0 Å². The molecule has 1 heterocycles. The Labute approximate surface area is 112 Å². The molecule has 3 N–H and O–H groups in total. The molecule has 19 heavy (non-hydrogen) atoms. The molecule has 1 aromatic carbocycles. The monoisotopic (exact) mass is 255 g/mol. The van der Waals surface area contributed by atoms with Crippen molar-refractivity contribution in [2.45, 2.75) is 19.9 Å². The van der Waals surface area contributed by atoms with Crippen molar-refractivity contribution in [3.05, 3.63) is 59.4 Å². The summed E-state index contributed by atoms with van der Waals surface area (Å²) in [7, 11) is 0. The van der Waals surface area contributed by atoms with Crippen molar-refractivity contribution < 1.29 is 4.79 Å². The molecular weight excluding hydrogens is 238 g/mol. The Morgan fingerprint density at radius 3 is 2.58 bits per heavy atom. The van der Waals surface area contributed by atoms with E-state index in [9.17, 15) is 4.79 Å². The highest BCUT2D eigenvalue weighted by molar-refractivity contribution is 5.94. The van der Waals surface area contributed by atoms with Crippen LogP contribution in [-0.2, 0) is 0 Å². The minimum atomic E-state index is -0.125. The molecule has 0 aliphatic rings. The Kier molecular flexibility index (Phi) is 3.80. The smallest absolute Gasteiger partial charge is 0.253 e. The lowest BCUT2D eigenvalue weighted by atomic mass is 10.1. The van der Waals surface area contributed by atoms with Crippen molar-refractivity contribution in [3.63, 3.8) is 0 Å². The first-order chi connectivity index (χ1) is 9.06. The number of pyridine rings is 1. The largest absolute Gasteiger partial charge is 0.399 e. The normalized spacial score (nSPS) is 11.9. The molecule has 4 heteroatoms. The lowest BCUT2D eigenvalue weighted by Gasteiger charge is -2.14. The highest BCUT2D eigenvalue weighted by Gasteiger charge is 2.11. The third-order valence-electron chi connectivity index (χ3n) is 2.92. The molecule has 1 atom stereocenters. The molecule has 1 unspecified atom stereocenters. The van der Waals surface area contributed by atoms with Gasteiger partial charge in [0.1, 0.15) is 0 Å². The van der Waals surface area contributed by atoms with Crippen LogP contribution in [-0.4, -0.2) is 10.9 Å². The number of carbonyl (C=O) groups is 1. The molecule has 0 radical (unpaired) electrons. The van der Waals surface area contributed by atoms with E-state index >= 15 is 0 Å². The van der Waals surface area contributed by atoms with E-state index in [1.807, 2.05) is 44.2 Å². The van der Waals surface area contributed by atoms with Gasteiger partial charge in [0.25, 0.3) is 5.91 Å². The quantitative estimate of drug-likeness (QED) is 0.828. The summed E-state index contributed by atoms with van der Waals surface area (Å²) in [4.78, 5) is 16.1. The van der Waals surface area contributed by atoms with Crippen molar-refractivity contribution in [2.24, 2.45) is 0 Å². The SMILES string of the molecule is Cc1cncc(C(=O)NC(C)c2ccc(N)cc2)c1. The Morgan fingerprint density at radius 2 is 1.95 bits per heavy atom. The number of aryl methyl sites for hydroxylation is 1. The summed E-state index contributed by atoms with van der Waals surface area (Å²) >= 11 is 0. The van der Waals surface area contributed by atoms with Crippen molar-refractivity contribution >= 4 is 11.6 Å². The highest BCUT2D eigenvalue weighted by Crippen LogP contribution is 2.15. The topological polar surface area (TPSA) is 68.0 Å². The van der Waals surface area contributed by atoms with E-state index in [4.69, 9.17) is 5.73 Å². The van der Waals surface area contributed by atoms with Gasteiger partial charge in [-0.3, -0.25) is 9.78 Å². The van der Waals surface area contributed by atoms with Gasteiger partial charge in [0.15, 0.2) is 0 Å².